The molecule has 0 fully saturated rings. The first-order chi connectivity index (χ1) is 8.66. The molecule has 0 unspecified atom stereocenters. The van der Waals surface area contributed by atoms with E-state index in [4.69, 9.17) is 0 Å². The first-order valence-corrected chi connectivity index (χ1v) is 5.58. The van der Waals surface area contributed by atoms with Gasteiger partial charge in [-0.25, -0.2) is 4.98 Å². The van der Waals surface area contributed by atoms with Crippen molar-refractivity contribution in [2.45, 2.75) is 13.8 Å². The van der Waals surface area contributed by atoms with Crippen molar-refractivity contribution in [3.63, 3.8) is 0 Å². The summed E-state index contributed by atoms with van der Waals surface area (Å²) >= 11 is 0. The van der Waals surface area contributed by atoms with Crippen molar-refractivity contribution in [2.24, 2.45) is 5.10 Å². The van der Waals surface area contributed by atoms with Gasteiger partial charge in [0, 0.05) is 0 Å². The second-order valence-corrected chi connectivity index (χ2v) is 3.89. The Labute approximate surface area is 105 Å². The Hall–Kier alpha value is -2.43. The van der Waals surface area contributed by atoms with Crippen molar-refractivity contribution in [3.8, 4) is 0 Å². The molecule has 1 aromatic heterocycles. The molecule has 0 saturated carbocycles. The van der Waals surface area contributed by atoms with E-state index >= 15 is 0 Å². The summed E-state index contributed by atoms with van der Waals surface area (Å²) in [5.74, 6) is 0.602. The number of aryl methyl sites for hydroxylation is 2. The number of para-hydroxylation sites is 1. The molecule has 2 aromatic rings. The monoisotopic (exact) mass is 242 g/mol. The number of aromatic amines is 1. The largest absolute Gasteiger partial charge is 0.310 e. The maximum absolute atomic E-state index is 11.7. The van der Waals surface area contributed by atoms with Crippen molar-refractivity contribution < 1.29 is 0 Å². The predicted octanol–water partition coefficient (Wildman–Crippen LogP) is 1.83. The Morgan fingerprint density at radius 2 is 2.00 bits per heavy atom. The van der Waals surface area contributed by atoms with E-state index in [9.17, 15) is 4.79 Å². The van der Waals surface area contributed by atoms with Crippen LogP contribution in [0.4, 0.5) is 5.69 Å². The van der Waals surface area contributed by atoms with E-state index < -0.39 is 0 Å². The van der Waals surface area contributed by atoms with Gasteiger partial charge in [0.25, 0.3) is 5.56 Å². The number of hydrazone groups is 1. The number of anilines is 1. The molecule has 0 bridgehead atoms. The number of rotatable bonds is 3. The highest BCUT2D eigenvalue weighted by molar-refractivity contribution is 5.80. The summed E-state index contributed by atoms with van der Waals surface area (Å²) in [6, 6.07) is 9.52. The van der Waals surface area contributed by atoms with Gasteiger partial charge < -0.3 is 4.98 Å². The van der Waals surface area contributed by atoms with E-state index in [1.807, 2.05) is 30.3 Å². The summed E-state index contributed by atoms with van der Waals surface area (Å²) in [6.07, 6.45) is 1.48. The number of nitrogens with one attached hydrogen (secondary N) is 2. The highest BCUT2D eigenvalue weighted by atomic mass is 16.1. The molecule has 0 radical (unpaired) electrons. The van der Waals surface area contributed by atoms with Gasteiger partial charge in [0.1, 0.15) is 5.82 Å². The summed E-state index contributed by atoms with van der Waals surface area (Å²) in [6.45, 7) is 3.53. The molecular weight excluding hydrogens is 228 g/mol. The molecule has 0 amide bonds. The zero-order chi connectivity index (χ0) is 13.0. The third-order valence-corrected chi connectivity index (χ3v) is 2.43. The molecular formula is C13H14N4O. The van der Waals surface area contributed by atoms with Crippen LogP contribution in [-0.2, 0) is 0 Å². The van der Waals surface area contributed by atoms with Crippen LogP contribution in [0, 0.1) is 13.8 Å². The molecule has 2 N–H and O–H groups in total. The fraction of sp³-hybridized carbons (Fsp3) is 0.154. The Balaban J connectivity index is 2.18. The summed E-state index contributed by atoms with van der Waals surface area (Å²) in [5.41, 5.74) is 4.66. The minimum atomic E-state index is -0.182. The van der Waals surface area contributed by atoms with E-state index in [0.717, 1.165) is 5.69 Å². The van der Waals surface area contributed by atoms with E-state index in [2.05, 4.69) is 20.5 Å². The lowest BCUT2D eigenvalue weighted by Gasteiger charge is -2.01. The quantitative estimate of drug-likeness (QED) is 0.637. The van der Waals surface area contributed by atoms with Gasteiger partial charge in [0.15, 0.2) is 0 Å². The number of hydrogen-bond acceptors (Lipinski definition) is 4. The lowest BCUT2D eigenvalue weighted by Crippen LogP contribution is -2.17. The van der Waals surface area contributed by atoms with E-state index in [0.29, 0.717) is 17.1 Å². The van der Waals surface area contributed by atoms with Crippen LogP contribution in [-0.4, -0.2) is 16.2 Å². The number of nitrogens with zero attached hydrogens (tertiary/aromatic N) is 2. The topological polar surface area (TPSA) is 70.1 Å². The fourth-order valence-corrected chi connectivity index (χ4v) is 1.57. The Morgan fingerprint density at radius 3 is 2.67 bits per heavy atom. The van der Waals surface area contributed by atoms with Gasteiger partial charge in [-0.15, -0.1) is 0 Å². The molecule has 18 heavy (non-hydrogen) atoms. The van der Waals surface area contributed by atoms with Crippen LogP contribution in [0.25, 0.3) is 0 Å². The summed E-state index contributed by atoms with van der Waals surface area (Å²) in [4.78, 5) is 18.5. The molecule has 5 nitrogen and oxygen atoms in total. The average molecular weight is 242 g/mol. The molecule has 0 aliphatic rings. The lowest BCUT2D eigenvalue weighted by molar-refractivity contribution is 0.976. The predicted molar refractivity (Wildman–Crippen MR) is 72.0 cm³/mol. The van der Waals surface area contributed by atoms with Gasteiger partial charge in [-0.2, -0.15) is 5.10 Å². The number of hydrogen-bond donors (Lipinski definition) is 2. The van der Waals surface area contributed by atoms with Crippen LogP contribution in [0.3, 0.4) is 0 Å². The van der Waals surface area contributed by atoms with E-state index in [1.54, 1.807) is 13.8 Å². The molecule has 1 heterocycles. The Morgan fingerprint density at radius 1 is 1.28 bits per heavy atom. The van der Waals surface area contributed by atoms with Crippen LogP contribution in [0.1, 0.15) is 17.1 Å². The lowest BCUT2D eigenvalue weighted by atomic mass is 10.2. The molecule has 0 saturated heterocycles. The van der Waals surface area contributed by atoms with Crippen LogP contribution < -0.4 is 11.0 Å². The standard InChI is InChI=1S/C13H14N4O/c1-9-12(13(18)16-10(2)15-9)8-14-17-11-6-4-3-5-7-11/h3-8,17H,1-2H3,(H,15,16,18)/b14-8+. The minimum Gasteiger partial charge on any atom is -0.310 e. The highest BCUT2D eigenvalue weighted by Crippen LogP contribution is 2.04. The first kappa shape index (κ1) is 12.0. The third kappa shape index (κ3) is 2.82. The zero-order valence-corrected chi connectivity index (χ0v) is 10.3. The number of aromatic nitrogens is 2. The maximum Gasteiger partial charge on any atom is 0.260 e. The molecule has 0 atom stereocenters. The maximum atomic E-state index is 11.7. The molecule has 92 valence electrons. The van der Waals surface area contributed by atoms with Gasteiger partial charge in [0.2, 0.25) is 0 Å². The van der Waals surface area contributed by atoms with Gasteiger partial charge in [-0.1, -0.05) is 18.2 Å². The van der Waals surface area contributed by atoms with Crippen LogP contribution in [0.15, 0.2) is 40.2 Å². The normalized spacial score (nSPS) is 10.8. The first-order valence-electron chi connectivity index (χ1n) is 5.58. The SMILES string of the molecule is Cc1nc(C)c(/C=N/Nc2ccccc2)c(=O)[nH]1. The molecule has 0 aliphatic heterocycles. The molecule has 5 heteroatoms. The zero-order valence-electron chi connectivity index (χ0n) is 10.3. The summed E-state index contributed by atoms with van der Waals surface area (Å²) in [5, 5.41) is 4.03. The second kappa shape index (κ2) is 5.27. The van der Waals surface area contributed by atoms with E-state index in [-0.39, 0.29) is 5.56 Å². The van der Waals surface area contributed by atoms with Crippen LogP contribution >= 0.6 is 0 Å². The van der Waals surface area contributed by atoms with Crippen molar-refractivity contribution in [3.05, 3.63) is 57.8 Å². The highest BCUT2D eigenvalue weighted by Gasteiger charge is 2.03. The van der Waals surface area contributed by atoms with Crippen molar-refractivity contribution in [1.82, 2.24) is 9.97 Å². The second-order valence-electron chi connectivity index (χ2n) is 3.89. The van der Waals surface area contributed by atoms with Gasteiger partial charge in [0.05, 0.1) is 23.2 Å². The fourth-order valence-electron chi connectivity index (χ4n) is 1.57. The van der Waals surface area contributed by atoms with E-state index in [1.165, 1.54) is 6.21 Å². The van der Waals surface area contributed by atoms with Crippen LogP contribution in [0.5, 0.6) is 0 Å². The summed E-state index contributed by atoms with van der Waals surface area (Å²) in [7, 11) is 0. The molecule has 0 spiro atoms. The molecule has 1 aromatic carbocycles. The summed E-state index contributed by atoms with van der Waals surface area (Å²) < 4.78 is 0. The van der Waals surface area contributed by atoms with Gasteiger partial charge in [-0.05, 0) is 26.0 Å². The van der Waals surface area contributed by atoms with Crippen molar-refractivity contribution >= 4 is 11.9 Å². The Bertz CT molecular complexity index is 617. The van der Waals surface area contributed by atoms with Crippen molar-refractivity contribution in [2.75, 3.05) is 5.43 Å². The number of benzene rings is 1. The molecule has 2 rings (SSSR count). The third-order valence-electron chi connectivity index (χ3n) is 2.43. The number of H-pyrrole nitrogens is 1. The van der Waals surface area contributed by atoms with Crippen molar-refractivity contribution in [1.29, 1.82) is 0 Å². The average Bonchev–Trinajstić information content (AvgIpc) is 2.34. The van der Waals surface area contributed by atoms with Gasteiger partial charge in [-0.3, -0.25) is 10.2 Å². The Kier molecular flexibility index (Phi) is 3.52. The smallest absolute Gasteiger partial charge is 0.260 e. The molecule has 0 aliphatic carbocycles. The van der Waals surface area contributed by atoms with Gasteiger partial charge >= 0.3 is 0 Å². The van der Waals surface area contributed by atoms with Crippen LogP contribution in [0.2, 0.25) is 0 Å². The minimum absolute atomic E-state index is 0.182.